The topological polar surface area (TPSA) is 66.8 Å². The van der Waals surface area contributed by atoms with Gasteiger partial charge < -0.3 is 14.9 Å². The lowest BCUT2D eigenvalue weighted by atomic mass is 10.0. The van der Waals surface area contributed by atoms with Gasteiger partial charge in [0.25, 0.3) is 0 Å². The van der Waals surface area contributed by atoms with E-state index in [1.807, 2.05) is 0 Å². The van der Waals surface area contributed by atoms with E-state index in [0.29, 0.717) is 10.0 Å². The Bertz CT molecular complexity index is 397. The first kappa shape index (κ1) is 11.8. The van der Waals surface area contributed by atoms with Gasteiger partial charge in [-0.3, -0.25) is 0 Å². The molecule has 1 rings (SSSR count). The SMILES string of the molecule is COC(=O)c1c(C)c(Br)c(O)c(C)c1O. The zero-order chi connectivity index (χ0) is 11.7. The second-order valence-electron chi connectivity index (χ2n) is 3.13. The average Bonchev–Trinajstić information content (AvgIpc) is 2.23. The highest BCUT2D eigenvalue weighted by Crippen LogP contribution is 2.40. The van der Waals surface area contributed by atoms with E-state index < -0.39 is 5.97 Å². The van der Waals surface area contributed by atoms with Crippen molar-refractivity contribution in [3.05, 3.63) is 21.2 Å². The number of rotatable bonds is 1. The third-order valence-corrected chi connectivity index (χ3v) is 3.22. The van der Waals surface area contributed by atoms with Crippen LogP contribution in [-0.4, -0.2) is 23.3 Å². The molecule has 0 saturated heterocycles. The summed E-state index contributed by atoms with van der Waals surface area (Å²) < 4.78 is 4.93. The van der Waals surface area contributed by atoms with E-state index in [-0.39, 0.29) is 22.6 Å². The summed E-state index contributed by atoms with van der Waals surface area (Å²) in [6, 6.07) is 0. The van der Waals surface area contributed by atoms with Gasteiger partial charge in [-0.2, -0.15) is 0 Å². The van der Waals surface area contributed by atoms with Gasteiger partial charge in [-0.05, 0) is 35.3 Å². The number of phenolic OH excluding ortho intramolecular Hbond substituents is 2. The number of benzene rings is 1. The number of aromatic hydroxyl groups is 2. The van der Waals surface area contributed by atoms with Gasteiger partial charge in [0.15, 0.2) is 0 Å². The maximum atomic E-state index is 11.4. The summed E-state index contributed by atoms with van der Waals surface area (Å²) in [5.41, 5.74) is 0.759. The lowest BCUT2D eigenvalue weighted by Gasteiger charge is -2.12. The fraction of sp³-hybridized carbons (Fsp3) is 0.300. The molecule has 0 aromatic heterocycles. The minimum atomic E-state index is -0.631. The highest BCUT2D eigenvalue weighted by molar-refractivity contribution is 9.10. The normalized spacial score (nSPS) is 10.1. The van der Waals surface area contributed by atoms with Crippen LogP contribution in [0.2, 0.25) is 0 Å². The first-order valence-electron chi connectivity index (χ1n) is 4.20. The smallest absolute Gasteiger partial charge is 0.341 e. The minimum absolute atomic E-state index is 0.0691. The number of carbonyl (C=O) groups excluding carboxylic acids is 1. The minimum Gasteiger partial charge on any atom is -0.507 e. The summed E-state index contributed by atoms with van der Waals surface area (Å²) in [4.78, 5) is 11.4. The number of phenols is 2. The number of ether oxygens (including phenoxy) is 1. The van der Waals surface area contributed by atoms with Gasteiger partial charge >= 0.3 is 5.97 Å². The summed E-state index contributed by atoms with van der Waals surface area (Å²) in [6.45, 7) is 3.12. The van der Waals surface area contributed by atoms with Crippen LogP contribution in [0.1, 0.15) is 21.5 Å². The van der Waals surface area contributed by atoms with Crippen molar-refractivity contribution in [1.29, 1.82) is 0 Å². The molecule has 0 amide bonds. The standard InChI is InChI=1S/C10H11BrO4/c1-4-6(10(14)15-3)8(12)5(2)9(13)7(4)11/h12-13H,1-3H3. The molecule has 0 spiro atoms. The third-order valence-electron chi connectivity index (χ3n) is 2.25. The van der Waals surface area contributed by atoms with Crippen molar-refractivity contribution in [2.45, 2.75) is 13.8 Å². The van der Waals surface area contributed by atoms with Gasteiger partial charge in [0.05, 0.1) is 11.6 Å². The summed E-state index contributed by atoms with van der Waals surface area (Å²) in [6.07, 6.45) is 0. The van der Waals surface area contributed by atoms with E-state index in [1.54, 1.807) is 6.92 Å². The van der Waals surface area contributed by atoms with Crippen LogP contribution in [0.15, 0.2) is 4.47 Å². The Morgan fingerprint density at radius 3 is 2.20 bits per heavy atom. The number of carbonyl (C=O) groups is 1. The maximum absolute atomic E-state index is 11.4. The van der Waals surface area contributed by atoms with Gasteiger partial charge in [-0.1, -0.05) is 0 Å². The Morgan fingerprint density at radius 2 is 1.73 bits per heavy atom. The van der Waals surface area contributed by atoms with Crippen molar-refractivity contribution in [3.8, 4) is 11.5 Å². The van der Waals surface area contributed by atoms with Crippen LogP contribution in [-0.2, 0) is 4.74 Å². The van der Waals surface area contributed by atoms with E-state index in [1.165, 1.54) is 14.0 Å². The lowest BCUT2D eigenvalue weighted by Crippen LogP contribution is -2.06. The van der Waals surface area contributed by atoms with Crippen molar-refractivity contribution in [2.75, 3.05) is 7.11 Å². The molecule has 0 atom stereocenters. The maximum Gasteiger partial charge on any atom is 0.341 e. The van der Waals surface area contributed by atoms with Crippen molar-refractivity contribution in [3.63, 3.8) is 0 Å². The van der Waals surface area contributed by atoms with Crippen LogP contribution in [0.4, 0.5) is 0 Å². The fourth-order valence-electron chi connectivity index (χ4n) is 1.28. The molecule has 1 aromatic rings. The number of hydrogen-bond acceptors (Lipinski definition) is 4. The predicted octanol–water partition coefficient (Wildman–Crippen LogP) is 2.26. The highest BCUT2D eigenvalue weighted by Gasteiger charge is 2.22. The van der Waals surface area contributed by atoms with E-state index in [9.17, 15) is 15.0 Å². The summed E-state index contributed by atoms with van der Waals surface area (Å²) in [7, 11) is 1.23. The Labute approximate surface area is 95.6 Å². The Hall–Kier alpha value is -1.23. The Morgan fingerprint density at radius 1 is 1.20 bits per heavy atom. The van der Waals surface area contributed by atoms with Crippen molar-refractivity contribution in [1.82, 2.24) is 0 Å². The second-order valence-corrected chi connectivity index (χ2v) is 3.92. The molecule has 4 nitrogen and oxygen atoms in total. The molecule has 0 fully saturated rings. The summed E-state index contributed by atoms with van der Waals surface area (Å²) >= 11 is 3.14. The van der Waals surface area contributed by atoms with Crippen LogP contribution in [0.5, 0.6) is 11.5 Å². The Balaban J connectivity index is 3.60. The highest BCUT2D eigenvalue weighted by atomic mass is 79.9. The van der Waals surface area contributed by atoms with Gasteiger partial charge in [-0.15, -0.1) is 0 Å². The van der Waals surface area contributed by atoms with Crippen LogP contribution in [0.3, 0.4) is 0 Å². The second kappa shape index (κ2) is 4.10. The number of hydrogen-bond donors (Lipinski definition) is 2. The van der Waals surface area contributed by atoms with E-state index in [4.69, 9.17) is 0 Å². The molecule has 0 unspecified atom stereocenters. The summed E-state index contributed by atoms with van der Waals surface area (Å²) in [5.74, 6) is -0.952. The van der Waals surface area contributed by atoms with Crippen LogP contribution in [0.25, 0.3) is 0 Å². The zero-order valence-corrected chi connectivity index (χ0v) is 10.2. The molecule has 0 saturated carbocycles. The van der Waals surface area contributed by atoms with Crippen molar-refractivity contribution < 1.29 is 19.7 Å². The first-order valence-corrected chi connectivity index (χ1v) is 5.00. The van der Waals surface area contributed by atoms with Crippen molar-refractivity contribution >= 4 is 21.9 Å². The monoisotopic (exact) mass is 274 g/mol. The summed E-state index contributed by atoms with van der Waals surface area (Å²) in [5, 5.41) is 19.3. The molecule has 82 valence electrons. The zero-order valence-electron chi connectivity index (χ0n) is 8.59. The first-order chi connectivity index (χ1) is 6.91. The van der Waals surface area contributed by atoms with Gasteiger partial charge in [-0.25, -0.2) is 4.79 Å². The van der Waals surface area contributed by atoms with Gasteiger partial charge in [0, 0.05) is 5.56 Å². The third kappa shape index (κ3) is 1.79. The molecule has 1 aromatic carbocycles. The van der Waals surface area contributed by atoms with Crippen LogP contribution < -0.4 is 0 Å². The fourth-order valence-corrected chi connectivity index (χ4v) is 1.78. The lowest BCUT2D eigenvalue weighted by molar-refractivity contribution is 0.0596. The van der Waals surface area contributed by atoms with Gasteiger partial charge in [0.2, 0.25) is 0 Å². The van der Waals surface area contributed by atoms with E-state index in [2.05, 4.69) is 20.7 Å². The molecular weight excluding hydrogens is 264 g/mol. The molecule has 5 heteroatoms. The molecule has 0 bridgehead atoms. The molecule has 0 aliphatic rings. The quantitative estimate of drug-likeness (QED) is 0.771. The van der Waals surface area contributed by atoms with E-state index >= 15 is 0 Å². The molecule has 0 aliphatic heterocycles. The number of methoxy groups -OCH3 is 1. The molecule has 0 radical (unpaired) electrons. The number of esters is 1. The van der Waals surface area contributed by atoms with E-state index in [0.717, 1.165) is 0 Å². The van der Waals surface area contributed by atoms with Crippen LogP contribution in [0, 0.1) is 13.8 Å². The molecule has 0 heterocycles. The van der Waals surface area contributed by atoms with Crippen LogP contribution >= 0.6 is 15.9 Å². The molecule has 2 N–H and O–H groups in total. The predicted molar refractivity (Wildman–Crippen MR) is 58.3 cm³/mol. The Kier molecular flexibility index (Phi) is 3.24. The molecular formula is C10H11BrO4. The largest absolute Gasteiger partial charge is 0.507 e. The average molecular weight is 275 g/mol. The number of halogens is 1. The van der Waals surface area contributed by atoms with Crippen molar-refractivity contribution in [2.24, 2.45) is 0 Å². The van der Waals surface area contributed by atoms with Gasteiger partial charge in [0.1, 0.15) is 17.1 Å². The molecule has 15 heavy (non-hydrogen) atoms. The molecule has 0 aliphatic carbocycles.